The third kappa shape index (κ3) is 3.88. The second-order valence-corrected chi connectivity index (χ2v) is 3.95. The molecule has 0 aromatic heterocycles. The first-order chi connectivity index (χ1) is 6.42. The van der Waals surface area contributed by atoms with Gasteiger partial charge in [-0.25, -0.2) is 8.42 Å². The van der Waals surface area contributed by atoms with Crippen LogP contribution in [0.1, 0.15) is 0 Å². The molecule has 0 aliphatic carbocycles. The number of nitrogens with two attached hydrogens (primary N) is 1. The van der Waals surface area contributed by atoms with Crippen molar-refractivity contribution in [3.63, 3.8) is 0 Å². The van der Waals surface area contributed by atoms with E-state index >= 15 is 0 Å². The van der Waals surface area contributed by atoms with Gasteiger partial charge in [0.1, 0.15) is 0 Å². The van der Waals surface area contributed by atoms with Crippen LogP contribution in [0, 0.1) is 10.1 Å². The normalized spacial score (nSPS) is 10.1. The Morgan fingerprint density at radius 2 is 2.00 bits per heavy atom. The summed E-state index contributed by atoms with van der Waals surface area (Å²) >= 11 is 0. The molecular weight excluding hydrogens is 318 g/mol. The number of hydrogen-bond donors (Lipinski definition) is 1. The first-order valence-corrected chi connectivity index (χ1v) is 4.84. The molecule has 0 amide bonds. The van der Waals surface area contributed by atoms with E-state index in [2.05, 4.69) is 4.83 Å². The molecule has 1 aromatic rings. The van der Waals surface area contributed by atoms with Crippen molar-refractivity contribution >= 4 is 15.7 Å². The minimum atomic E-state index is -4.24. The molecule has 0 aliphatic rings. The Hall–Kier alpha value is -1.09. The van der Waals surface area contributed by atoms with Crippen LogP contribution < -0.4 is 5.73 Å². The van der Waals surface area contributed by atoms with Gasteiger partial charge in [0.05, 0.1) is 4.90 Å². The van der Waals surface area contributed by atoms with Gasteiger partial charge in [0.25, 0.3) is 0 Å². The van der Waals surface area contributed by atoms with Gasteiger partial charge < -0.3 is 5.73 Å². The molecule has 86 valence electrons. The number of benzene rings is 1. The number of nitro groups is 1. The SMILES string of the molecule is Nc1cccc(S(=O)(=O)[N-][N+](=O)[O-])c1.[Ag+]. The first-order valence-electron chi connectivity index (χ1n) is 3.40. The maximum absolute atomic E-state index is 11.1. The number of rotatable bonds is 3. The Bertz CT molecular complexity index is 461. The van der Waals surface area contributed by atoms with Crippen molar-refractivity contribution in [1.82, 2.24) is 0 Å². The average Bonchev–Trinajstić information content (AvgIpc) is 2.01. The van der Waals surface area contributed by atoms with Crippen molar-refractivity contribution < 1.29 is 35.8 Å². The summed E-state index contributed by atoms with van der Waals surface area (Å²) in [5, 5.41) is 8.64. The van der Waals surface area contributed by atoms with Crippen LogP contribution in [-0.2, 0) is 32.4 Å². The zero-order valence-corrected chi connectivity index (χ0v) is 9.42. The zero-order valence-electron chi connectivity index (χ0n) is 7.12. The molecule has 7 nitrogen and oxygen atoms in total. The van der Waals surface area contributed by atoms with Crippen LogP contribution in [-0.4, -0.2) is 13.5 Å². The largest absolute Gasteiger partial charge is 1.00 e. The fraction of sp³-hybridized carbons (Fsp3) is 0. The molecule has 1 rings (SSSR count). The smallest absolute Gasteiger partial charge is 0.399 e. The molecule has 0 spiro atoms. The molecule has 0 atom stereocenters. The van der Waals surface area contributed by atoms with E-state index in [0.29, 0.717) is 0 Å². The summed E-state index contributed by atoms with van der Waals surface area (Å²) in [6.45, 7) is 0. The van der Waals surface area contributed by atoms with Gasteiger partial charge in [-0.15, -0.1) is 0 Å². The summed E-state index contributed by atoms with van der Waals surface area (Å²) in [7, 11) is -4.24. The molecule has 2 N–H and O–H groups in total. The van der Waals surface area contributed by atoms with Gasteiger partial charge >= 0.3 is 22.4 Å². The Morgan fingerprint density at radius 1 is 1.40 bits per heavy atom. The van der Waals surface area contributed by atoms with E-state index in [1.165, 1.54) is 18.2 Å². The summed E-state index contributed by atoms with van der Waals surface area (Å²) in [6.07, 6.45) is 0. The molecule has 0 heterocycles. The molecule has 0 radical (unpaired) electrons. The summed E-state index contributed by atoms with van der Waals surface area (Å²) in [5.41, 5.74) is 5.51. The molecule has 0 unspecified atom stereocenters. The van der Waals surface area contributed by atoms with E-state index in [1.807, 2.05) is 0 Å². The summed E-state index contributed by atoms with van der Waals surface area (Å²) < 4.78 is 22.3. The molecule has 0 saturated heterocycles. The number of hydrogen-bond acceptors (Lipinski definition) is 5. The van der Waals surface area contributed by atoms with Crippen LogP contribution in [0.3, 0.4) is 0 Å². The number of nitrogen functional groups attached to an aromatic ring is 1. The molecule has 15 heavy (non-hydrogen) atoms. The second kappa shape index (κ2) is 5.12. The van der Waals surface area contributed by atoms with Gasteiger partial charge in [-0.05, 0) is 23.2 Å². The van der Waals surface area contributed by atoms with Crippen LogP contribution in [0.2, 0.25) is 0 Å². The van der Waals surface area contributed by atoms with Crippen molar-refractivity contribution in [3.8, 4) is 0 Å². The van der Waals surface area contributed by atoms with Gasteiger partial charge in [-0.1, -0.05) is 6.07 Å². The predicted octanol–water partition coefficient (Wildman–Crippen LogP) is 0.520. The fourth-order valence-electron chi connectivity index (χ4n) is 0.810. The van der Waals surface area contributed by atoms with Crippen LogP contribution in [0.4, 0.5) is 5.69 Å². The van der Waals surface area contributed by atoms with Crippen molar-refractivity contribution in [2.75, 3.05) is 5.73 Å². The maximum Gasteiger partial charge on any atom is 1.00 e. The van der Waals surface area contributed by atoms with Crippen LogP contribution in [0.25, 0.3) is 4.83 Å². The third-order valence-corrected chi connectivity index (χ3v) is 2.53. The summed E-state index contributed by atoms with van der Waals surface area (Å²) in [5.74, 6) is 0. The van der Waals surface area contributed by atoms with E-state index in [9.17, 15) is 18.5 Å². The summed E-state index contributed by atoms with van der Waals surface area (Å²) in [6, 6.07) is 5.11. The monoisotopic (exact) mass is 323 g/mol. The van der Waals surface area contributed by atoms with Crippen LogP contribution in [0.5, 0.6) is 0 Å². The Kier molecular flexibility index (Phi) is 4.75. The van der Waals surface area contributed by atoms with E-state index in [4.69, 9.17) is 5.73 Å². The zero-order chi connectivity index (χ0) is 10.8. The van der Waals surface area contributed by atoms with Crippen LogP contribution in [0.15, 0.2) is 29.2 Å². The molecule has 0 aliphatic heterocycles. The van der Waals surface area contributed by atoms with Gasteiger partial charge in [-0.3, -0.25) is 14.9 Å². The number of sulfonamides is 1. The maximum atomic E-state index is 11.1. The van der Waals surface area contributed by atoms with Gasteiger partial charge in [0.15, 0.2) is 10.0 Å². The predicted molar refractivity (Wildman–Crippen MR) is 48.4 cm³/mol. The molecular formula is C6H6AgN3O4S. The quantitative estimate of drug-likeness (QED) is 0.376. The second-order valence-electron chi connectivity index (χ2n) is 2.37. The van der Waals surface area contributed by atoms with Gasteiger partial charge in [0.2, 0.25) is 0 Å². The Morgan fingerprint density at radius 3 is 2.47 bits per heavy atom. The summed E-state index contributed by atoms with van der Waals surface area (Å²) in [4.78, 5) is 12.0. The fourth-order valence-corrected chi connectivity index (χ4v) is 1.62. The molecule has 9 heteroatoms. The van der Waals surface area contributed by atoms with E-state index in [0.717, 1.165) is 6.07 Å². The minimum absolute atomic E-state index is 0. The third-order valence-electron chi connectivity index (χ3n) is 1.33. The van der Waals surface area contributed by atoms with Crippen molar-refractivity contribution in [1.29, 1.82) is 0 Å². The number of nitrogens with zero attached hydrogens (tertiary/aromatic N) is 2. The average molecular weight is 324 g/mol. The van der Waals surface area contributed by atoms with Gasteiger partial charge in [-0.2, -0.15) is 0 Å². The van der Waals surface area contributed by atoms with Crippen molar-refractivity contribution in [2.24, 2.45) is 0 Å². The topological polar surface area (TPSA) is 117 Å². The molecule has 0 saturated carbocycles. The van der Waals surface area contributed by atoms with Crippen molar-refractivity contribution in [2.45, 2.75) is 4.90 Å². The molecule has 1 aromatic carbocycles. The Balaban J connectivity index is 0.00000196. The standard InChI is InChI=1S/C6H6N3O4S.Ag/c7-5-2-1-3-6(4-5)14(12,13)8-9(10)11;/h1-4H,7H2;/q-1;+1. The number of anilines is 1. The van der Waals surface area contributed by atoms with E-state index < -0.39 is 15.1 Å². The van der Waals surface area contributed by atoms with Crippen LogP contribution >= 0.6 is 0 Å². The minimum Gasteiger partial charge on any atom is -0.399 e. The Labute approximate surface area is 101 Å². The molecule has 0 bridgehead atoms. The van der Waals surface area contributed by atoms with E-state index in [-0.39, 0.29) is 33.0 Å². The first kappa shape index (κ1) is 13.9. The molecule has 0 fully saturated rings. The van der Waals surface area contributed by atoms with Crippen molar-refractivity contribution in [3.05, 3.63) is 39.2 Å². The van der Waals surface area contributed by atoms with E-state index in [1.54, 1.807) is 0 Å². The van der Waals surface area contributed by atoms with Gasteiger partial charge in [0, 0.05) is 5.69 Å².